The molecule has 21 heavy (non-hydrogen) atoms. The van der Waals surface area contributed by atoms with Gasteiger partial charge < -0.3 is 15.7 Å². The smallest absolute Gasteiger partial charge is 0.175 e. The van der Waals surface area contributed by atoms with E-state index in [9.17, 15) is 0 Å². The Hall–Kier alpha value is -2.30. The maximum absolute atomic E-state index is 8.94. The molecule has 0 spiro atoms. The molecule has 2 rings (SSSR count). The normalized spacial score (nSPS) is 13.6. The molecule has 0 amide bonds. The quantitative estimate of drug-likeness (QED) is 0.383. The van der Waals surface area contributed by atoms with Crippen LogP contribution in [-0.2, 0) is 0 Å². The van der Waals surface area contributed by atoms with Gasteiger partial charge in [0.15, 0.2) is 5.84 Å². The van der Waals surface area contributed by atoms with Gasteiger partial charge in [0.2, 0.25) is 0 Å². The number of ether oxygens (including phenoxy) is 1. The van der Waals surface area contributed by atoms with Crippen LogP contribution in [0.15, 0.2) is 35.6 Å². The lowest BCUT2D eigenvalue weighted by Gasteiger charge is -2.20. The monoisotopic (exact) mass is 287 g/mol. The molecule has 1 aromatic carbocycles. The number of nitrogens with two attached hydrogens (primary N) is 1. The van der Waals surface area contributed by atoms with Crippen molar-refractivity contribution in [3.63, 3.8) is 0 Å². The van der Waals surface area contributed by atoms with Crippen LogP contribution in [0.2, 0.25) is 0 Å². The molecule has 0 fully saturated rings. The summed E-state index contributed by atoms with van der Waals surface area (Å²) in [6.07, 6.45) is 2.53. The lowest BCUT2D eigenvalue weighted by molar-refractivity contribution is 0.195. The second-order valence-electron chi connectivity index (χ2n) is 5.56. The molecule has 0 aliphatic heterocycles. The molecule has 0 saturated carbocycles. The predicted molar refractivity (Wildman–Crippen MR) is 83.8 cm³/mol. The Morgan fingerprint density at radius 2 is 2.05 bits per heavy atom. The number of para-hydroxylation sites is 1. The van der Waals surface area contributed by atoms with Crippen molar-refractivity contribution in [2.24, 2.45) is 16.8 Å². The number of aromatic nitrogens is 1. The summed E-state index contributed by atoms with van der Waals surface area (Å²) in [5, 5.41) is 12.9. The number of oxime groups is 1. The minimum atomic E-state index is 0.000000000000000222. The largest absolute Gasteiger partial charge is 0.489 e. The average molecular weight is 287 g/mol. The van der Waals surface area contributed by atoms with Crippen molar-refractivity contribution in [3.05, 3.63) is 36.0 Å². The van der Waals surface area contributed by atoms with E-state index in [1.54, 1.807) is 6.20 Å². The lowest BCUT2D eigenvalue weighted by atomic mass is 10.1. The van der Waals surface area contributed by atoms with Crippen LogP contribution in [0.4, 0.5) is 0 Å². The molecule has 0 radical (unpaired) electrons. The van der Waals surface area contributed by atoms with Gasteiger partial charge in [-0.1, -0.05) is 31.1 Å². The highest BCUT2D eigenvalue weighted by molar-refractivity contribution is 6.04. The van der Waals surface area contributed by atoms with Gasteiger partial charge >= 0.3 is 0 Å². The van der Waals surface area contributed by atoms with Gasteiger partial charge in [-0.3, -0.25) is 4.98 Å². The summed E-state index contributed by atoms with van der Waals surface area (Å²) in [7, 11) is 0. The van der Waals surface area contributed by atoms with Crippen LogP contribution in [0.1, 0.15) is 32.8 Å². The van der Waals surface area contributed by atoms with Crippen LogP contribution in [0.25, 0.3) is 10.9 Å². The van der Waals surface area contributed by atoms with E-state index >= 15 is 0 Å². The predicted octanol–water partition coefficient (Wildman–Crippen LogP) is 3.14. The van der Waals surface area contributed by atoms with Crippen molar-refractivity contribution < 1.29 is 9.94 Å². The molecule has 5 heteroatoms. The van der Waals surface area contributed by atoms with Crippen molar-refractivity contribution in [2.75, 3.05) is 0 Å². The molecular weight excluding hydrogens is 266 g/mol. The highest BCUT2D eigenvalue weighted by Crippen LogP contribution is 2.30. The van der Waals surface area contributed by atoms with E-state index in [1.807, 2.05) is 31.2 Å². The zero-order valence-corrected chi connectivity index (χ0v) is 12.6. The summed E-state index contributed by atoms with van der Waals surface area (Å²) in [6.45, 7) is 6.31. The van der Waals surface area contributed by atoms with E-state index in [2.05, 4.69) is 24.0 Å². The van der Waals surface area contributed by atoms with Crippen LogP contribution in [0, 0.1) is 5.92 Å². The summed E-state index contributed by atoms with van der Waals surface area (Å²) in [5.41, 5.74) is 7.07. The van der Waals surface area contributed by atoms with Crippen molar-refractivity contribution in [3.8, 4) is 5.75 Å². The first-order chi connectivity index (χ1) is 10.0. The van der Waals surface area contributed by atoms with Gasteiger partial charge in [0.25, 0.3) is 0 Å². The maximum atomic E-state index is 8.94. The number of rotatable bonds is 5. The van der Waals surface area contributed by atoms with Gasteiger partial charge in [0.1, 0.15) is 5.75 Å². The number of hydrogen-bond donors (Lipinski definition) is 2. The minimum absolute atomic E-state index is 0.000000000000000222. The van der Waals surface area contributed by atoms with E-state index in [0.717, 1.165) is 17.3 Å². The van der Waals surface area contributed by atoms with E-state index < -0.39 is 0 Å². The molecule has 2 aromatic rings. The maximum Gasteiger partial charge on any atom is 0.175 e. The molecule has 3 N–H and O–H groups in total. The van der Waals surface area contributed by atoms with Gasteiger partial charge in [-0.15, -0.1) is 0 Å². The van der Waals surface area contributed by atoms with E-state index in [0.29, 0.717) is 17.2 Å². The molecule has 1 unspecified atom stereocenters. The summed E-state index contributed by atoms with van der Waals surface area (Å²) in [4.78, 5) is 4.33. The zero-order chi connectivity index (χ0) is 15.4. The first-order valence-electron chi connectivity index (χ1n) is 7.05. The van der Waals surface area contributed by atoms with Crippen LogP contribution in [-0.4, -0.2) is 22.1 Å². The van der Waals surface area contributed by atoms with Crippen LogP contribution in [0.5, 0.6) is 5.75 Å². The fourth-order valence-electron chi connectivity index (χ4n) is 2.39. The molecular formula is C16H21N3O2. The van der Waals surface area contributed by atoms with Crippen molar-refractivity contribution >= 4 is 16.7 Å². The molecule has 0 bridgehead atoms. The van der Waals surface area contributed by atoms with Crippen molar-refractivity contribution in [1.29, 1.82) is 0 Å². The Morgan fingerprint density at radius 3 is 2.71 bits per heavy atom. The molecule has 1 aromatic heterocycles. The fraction of sp³-hybridized carbons (Fsp3) is 0.375. The highest BCUT2D eigenvalue weighted by Gasteiger charge is 2.16. The van der Waals surface area contributed by atoms with Crippen molar-refractivity contribution in [2.45, 2.75) is 33.3 Å². The number of pyridine rings is 1. The molecule has 112 valence electrons. The Balaban J connectivity index is 2.50. The van der Waals surface area contributed by atoms with Gasteiger partial charge in [-0.2, -0.15) is 0 Å². The SMILES string of the molecule is CC(C)CC(C)Oc1c(/C(N)=N/O)cnc2ccccc12. The number of benzene rings is 1. The van der Waals surface area contributed by atoms with E-state index in [-0.39, 0.29) is 11.9 Å². The molecule has 1 heterocycles. The van der Waals surface area contributed by atoms with Crippen LogP contribution >= 0.6 is 0 Å². The first-order valence-corrected chi connectivity index (χ1v) is 7.05. The summed E-state index contributed by atoms with van der Waals surface area (Å²) >= 11 is 0. The third kappa shape index (κ3) is 3.42. The molecule has 0 saturated heterocycles. The second-order valence-corrected chi connectivity index (χ2v) is 5.56. The van der Waals surface area contributed by atoms with Crippen LogP contribution in [0.3, 0.4) is 0 Å². The number of nitrogens with zero attached hydrogens (tertiary/aromatic N) is 2. The van der Waals surface area contributed by atoms with Gasteiger partial charge in [-0.25, -0.2) is 0 Å². The Labute approximate surface area is 124 Å². The van der Waals surface area contributed by atoms with Gasteiger partial charge in [0.05, 0.1) is 17.2 Å². The topological polar surface area (TPSA) is 80.7 Å². The first kappa shape index (κ1) is 15.1. The summed E-state index contributed by atoms with van der Waals surface area (Å²) < 4.78 is 6.08. The molecule has 0 aliphatic carbocycles. The summed E-state index contributed by atoms with van der Waals surface area (Å²) in [5.74, 6) is 1.14. The summed E-state index contributed by atoms with van der Waals surface area (Å²) in [6, 6.07) is 7.67. The minimum Gasteiger partial charge on any atom is -0.489 e. The second kappa shape index (κ2) is 6.43. The Bertz CT molecular complexity index is 653. The Kier molecular flexibility index (Phi) is 4.62. The molecule has 5 nitrogen and oxygen atoms in total. The zero-order valence-electron chi connectivity index (χ0n) is 12.6. The number of fused-ring (bicyclic) bond motifs is 1. The third-order valence-electron chi connectivity index (χ3n) is 3.23. The standard InChI is InChI=1S/C16H21N3O2/c1-10(2)8-11(3)21-15-12-6-4-5-7-14(12)18-9-13(15)16(17)19-20/h4-7,9-11,20H,8H2,1-3H3,(H2,17,19). The average Bonchev–Trinajstić information content (AvgIpc) is 2.46. The van der Waals surface area contributed by atoms with Crippen LogP contribution < -0.4 is 10.5 Å². The van der Waals surface area contributed by atoms with E-state index in [1.165, 1.54) is 0 Å². The third-order valence-corrected chi connectivity index (χ3v) is 3.23. The lowest BCUT2D eigenvalue weighted by Crippen LogP contribution is -2.20. The van der Waals surface area contributed by atoms with Crippen molar-refractivity contribution in [1.82, 2.24) is 4.98 Å². The molecule has 0 aliphatic rings. The van der Waals surface area contributed by atoms with Gasteiger partial charge in [-0.05, 0) is 31.4 Å². The highest BCUT2D eigenvalue weighted by atomic mass is 16.5. The number of hydrogen-bond acceptors (Lipinski definition) is 4. The van der Waals surface area contributed by atoms with E-state index in [4.69, 9.17) is 15.7 Å². The van der Waals surface area contributed by atoms with Gasteiger partial charge in [0, 0.05) is 11.6 Å². The molecule has 1 atom stereocenters. The fourth-order valence-corrected chi connectivity index (χ4v) is 2.39. The number of amidine groups is 1. The Morgan fingerprint density at radius 1 is 1.33 bits per heavy atom.